The van der Waals surface area contributed by atoms with Crippen molar-refractivity contribution in [2.45, 2.75) is 62.9 Å². The maximum Gasteiger partial charge on any atom is 0.246 e. The van der Waals surface area contributed by atoms with Crippen LogP contribution in [0.3, 0.4) is 0 Å². The smallest absolute Gasteiger partial charge is 0.246 e. The summed E-state index contributed by atoms with van der Waals surface area (Å²) in [7, 11) is 0. The molecule has 31 heavy (non-hydrogen) atoms. The molecular weight excluding hydrogens is 388 g/mol. The molecule has 0 radical (unpaired) electrons. The number of amides is 2. The predicted octanol–water partition coefficient (Wildman–Crippen LogP) is 3.04. The van der Waals surface area contributed by atoms with Crippen LogP contribution in [0.25, 0.3) is 0 Å². The molecule has 0 saturated heterocycles. The summed E-state index contributed by atoms with van der Waals surface area (Å²) < 4.78 is 0. The molecular formula is C25H32N4O2. The van der Waals surface area contributed by atoms with E-state index in [4.69, 9.17) is 5.73 Å². The van der Waals surface area contributed by atoms with E-state index >= 15 is 0 Å². The molecule has 4 N–H and O–H groups in total. The summed E-state index contributed by atoms with van der Waals surface area (Å²) in [6.07, 6.45) is 8.26. The van der Waals surface area contributed by atoms with Gasteiger partial charge in [-0.3, -0.25) is 14.6 Å². The van der Waals surface area contributed by atoms with Gasteiger partial charge in [0, 0.05) is 24.9 Å². The van der Waals surface area contributed by atoms with Gasteiger partial charge in [0.25, 0.3) is 0 Å². The van der Waals surface area contributed by atoms with E-state index in [1.165, 1.54) is 0 Å². The summed E-state index contributed by atoms with van der Waals surface area (Å²) >= 11 is 0. The van der Waals surface area contributed by atoms with Crippen molar-refractivity contribution in [1.82, 2.24) is 15.6 Å². The lowest BCUT2D eigenvalue weighted by molar-refractivity contribution is -0.142. The maximum atomic E-state index is 13.5. The summed E-state index contributed by atoms with van der Waals surface area (Å²) in [5.74, 6) is -0.162. The van der Waals surface area contributed by atoms with Crippen LogP contribution in [0.4, 0.5) is 0 Å². The van der Waals surface area contributed by atoms with Crippen LogP contribution < -0.4 is 16.4 Å². The van der Waals surface area contributed by atoms with Crippen molar-refractivity contribution in [2.75, 3.05) is 6.54 Å². The van der Waals surface area contributed by atoms with Gasteiger partial charge < -0.3 is 16.4 Å². The van der Waals surface area contributed by atoms with Gasteiger partial charge >= 0.3 is 0 Å². The second-order valence-electron chi connectivity index (χ2n) is 9.04. The van der Waals surface area contributed by atoms with Crippen molar-refractivity contribution in [3.05, 3.63) is 66.0 Å². The van der Waals surface area contributed by atoms with Crippen LogP contribution in [0.15, 0.2) is 54.7 Å². The molecule has 1 atom stereocenters. The van der Waals surface area contributed by atoms with Crippen molar-refractivity contribution in [1.29, 1.82) is 0 Å². The lowest BCUT2D eigenvalue weighted by Gasteiger charge is -2.43. The van der Waals surface area contributed by atoms with Crippen molar-refractivity contribution < 1.29 is 9.59 Å². The number of hydrogen-bond acceptors (Lipinski definition) is 4. The molecule has 0 aliphatic heterocycles. The monoisotopic (exact) mass is 420 g/mol. The minimum absolute atomic E-state index is 0.0525. The first kappa shape index (κ1) is 21.5. The zero-order valence-corrected chi connectivity index (χ0v) is 18.0. The van der Waals surface area contributed by atoms with Crippen LogP contribution in [0.1, 0.15) is 62.2 Å². The predicted molar refractivity (Wildman–Crippen MR) is 120 cm³/mol. The Morgan fingerprint density at radius 3 is 2.23 bits per heavy atom. The van der Waals surface area contributed by atoms with E-state index in [0.717, 1.165) is 43.4 Å². The number of nitrogens with zero attached hydrogens (tertiary/aromatic N) is 1. The largest absolute Gasteiger partial charge is 0.347 e. The zero-order chi connectivity index (χ0) is 21.7. The molecule has 2 fully saturated rings. The highest BCUT2D eigenvalue weighted by molar-refractivity contribution is 5.94. The first-order chi connectivity index (χ1) is 15.1. The van der Waals surface area contributed by atoms with E-state index < -0.39 is 11.0 Å². The molecule has 0 spiro atoms. The number of nitrogens with one attached hydrogen (secondary N) is 2. The van der Waals surface area contributed by atoms with Crippen LogP contribution in [0.2, 0.25) is 0 Å². The minimum Gasteiger partial charge on any atom is -0.347 e. The molecule has 1 unspecified atom stereocenters. The van der Waals surface area contributed by atoms with Crippen LogP contribution in [0, 0.1) is 5.41 Å². The SMILES string of the molecule is NCC1(C(=O)NC2(C(=O)NC(Cc3ccccn3)c3ccccc3)CCC2)CCCC1. The van der Waals surface area contributed by atoms with E-state index in [0.29, 0.717) is 25.8 Å². The van der Waals surface area contributed by atoms with Gasteiger partial charge in [0.15, 0.2) is 0 Å². The van der Waals surface area contributed by atoms with Gasteiger partial charge in [-0.25, -0.2) is 0 Å². The van der Waals surface area contributed by atoms with Crippen LogP contribution in [0.5, 0.6) is 0 Å². The highest BCUT2D eigenvalue weighted by atomic mass is 16.2. The summed E-state index contributed by atoms with van der Waals surface area (Å²) in [4.78, 5) is 31.1. The molecule has 0 bridgehead atoms. The van der Waals surface area contributed by atoms with Gasteiger partial charge in [-0.2, -0.15) is 0 Å². The molecule has 2 amide bonds. The summed E-state index contributed by atoms with van der Waals surface area (Å²) in [5.41, 5.74) is 6.58. The maximum absolute atomic E-state index is 13.5. The quantitative estimate of drug-likeness (QED) is 0.611. The van der Waals surface area contributed by atoms with Crippen molar-refractivity contribution in [3.8, 4) is 0 Å². The number of carbonyl (C=O) groups is 2. The first-order valence-corrected chi connectivity index (χ1v) is 11.4. The molecule has 1 aromatic carbocycles. The van der Waals surface area contributed by atoms with Gasteiger partial charge in [-0.1, -0.05) is 49.2 Å². The zero-order valence-electron chi connectivity index (χ0n) is 18.0. The van der Waals surface area contributed by atoms with Gasteiger partial charge in [-0.15, -0.1) is 0 Å². The van der Waals surface area contributed by atoms with Crippen molar-refractivity contribution in [2.24, 2.45) is 11.1 Å². The summed E-state index contributed by atoms with van der Waals surface area (Å²) in [6.45, 7) is 0.336. The second kappa shape index (κ2) is 9.18. The Balaban J connectivity index is 1.52. The van der Waals surface area contributed by atoms with E-state index in [1.54, 1.807) is 6.20 Å². The van der Waals surface area contributed by atoms with E-state index in [-0.39, 0.29) is 17.9 Å². The molecule has 4 rings (SSSR count). The molecule has 6 heteroatoms. The van der Waals surface area contributed by atoms with Crippen LogP contribution >= 0.6 is 0 Å². The molecule has 1 aromatic heterocycles. The molecule has 2 aliphatic rings. The first-order valence-electron chi connectivity index (χ1n) is 11.4. The molecule has 1 heterocycles. The second-order valence-corrected chi connectivity index (χ2v) is 9.04. The van der Waals surface area contributed by atoms with Gasteiger partial charge in [0.1, 0.15) is 5.54 Å². The average molecular weight is 421 g/mol. The minimum atomic E-state index is -0.834. The Hall–Kier alpha value is -2.73. The van der Waals surface area contributed by atoms with E-state index in [1.807, 2.05) is 48.5 Å². The Morgan fingerprint density at radius 1 is 0.935 bits per heavy atom. The Morgan fingerprint density at radius 2 is 1.65 bits per heavy atom. The van der Waals surface area contributed by atoms with Gasteiger partial charge in [-0.05, 0) is 49.8 Å². The lowest BCUT2D eigenvalue weighted by atomic mass is 9.74. The Kier molecular flexibility index (Phi) is 6.37. The third-order valence-corrected chi connectivity index (χ3v) is 7.07. The Labute approximate surface area is 184 Å². The average Bonchev–Trinajstić information content (AvgIpc) is 3.27. The number of rotatable bonds is 8. The number of nitrogens with two attached hydrogens (primary N) is 1. The summed E-state index contributed by atoms with van der Waals surface area (Å²) in [5, 5.41) is 6.36. The number of hydrogen-bond donors (Lipinski definition) is 3. The number of benzene rings is 1. The highest BCUT2D eigenvalue weighted by Crippen LogP contribution is 2.40. The number of pyridine rings is 1. The lowest BCUT2D eigenvalue weighted by Crippen LogP contribution is -2.65. The number of aromatic nitrogens is 1. The van der Waals surface area contributed by atoms with Crippen molar-refractivity contribution >= 4 is 11.8 Å². The third-order valence-electron chi connectivity index (χ3n) is 7.07. The molecule has 6 nitrogen and oxygen atoms in total. The van der Waals surface area contributed by atoms with Gasteiger partial charge in [0.05, 0.1) is 11.5 Å². The summed E-state index contributed by atoms with van der Waals surface area (Å²) in [6, 6.07) is 15.5. The third kappa shape index (κ3) is 4.49. The molecule has 2 aromatic rings. The standard InChI is InChI=1S/C25H32N4O2/c26-18-24(12-5-6-13-24)22(30)29-25(14-8-15-25)23(31)28-21(19-9-2-1-3-10-19)17-20-11-4-7-16-27-20/h1-4,7,9-11,16,21H,5-6,8,12-15,17-18,26H2,(H,28,31)(H,29,30). The topological polar surface area (TPSA) is 97.1 Å². The van der Waals surface area contributed by atoms with Crippen molar-refractivity contribution in [3.63, 3.8) is 0 Å². The molecule has 164 valence electrons. The fourth-order valence-corrected chi connectivity index (χ4v) is 4.83. The van der Waals surface area contributed by atoms with Gasteiger partial charge in [0.2, 0.25) is 11.8 Å². The van der Waals surface area contributed by atoms with Crippen LogP contribution in [-0.4, -0.2) is 28.9 Å². The number of carbonyl (C=O) groups excluding carboxylic acids is 2. The highest BCUT2D eigenvalue weighted by Gasteiger charge is 2.50. The van der Waals surface area contributed by atoms with E-state index in [9.17, 15) is 9.59 Å². The van der Waals surface area contributed by atoms with Crippen LogP contribution in [-0.2, 0) is 16.0 Å². The normalized spacial score (nSPS) is 19.8. The fourth-order valence-electron chi connectivity index (χ4n) is 4.83. The Bertz CT molecular complexity index is 890. The molecule has 2 saturated carbocycles. The fraction of sp³-hybridized carbons (Fsp3) is 0.480. The molecule has 2 aliphatic carbocycles. The van der Waals surface area contributed by atoms with E-state index in [2.05, 4.69) is 15.6 Å².